The van der Waals surface area contributed by atoms with Gasteiger partial charge < -0.3 is 11.1 Å². The van der Waals surface area contributed by atoms with Crippen molar-refractivity contribution in [1.29, 1.82) is 0 Å². The minimum absolute atomic E-state index is 0. The third-order valence-corrected chi connectivity index (χ3v) is 5.61. The highest BCUT2D eigenvalue weighted by molar-refractivity contribution is 6.42. The van der Waals surface area contributed by atoms with Crippen molar-refractivity contribution in [3.05, 3.63) is 33.8 Å². The average molecular weight is 364 g/mol. The first kappa shape index (κ1) is 17.9. The maximum atomic E-state index is 12.8. The van der Waals surface area contributed by atoms with Gasteiger partial charge >= 0.3 is 0 Å². The molecule has 0 bridgehead atoms. The normalized spacial score (nSPS) is 20.5. The van der Waals surface area contributed by atoms with E-state index < -0.39 is 5.41 Å². The molecule has 1 atom stereocenters. The second kappa shape index (κ2) is 6.96. The molecule has 1 amide bonds. The molecule has 1 unspecified atom stereocenters. The molecule has 0 spiro atoms. The van der Waals surface area contributed by atoms with Crippen molar-refractivity contribution in [3.8, 4) is 0 Å². The average Bonchev–Trinajstić information content (AvgIpc) is 3.23. The van der Waals surface area contributed by atoms with Gasteiger partial charge in [-0.05, 0) is 49.3 Å². The molecule has 2 aliphatic carbocycles. The van der Waals surface area contributed by atoms with E-state index in [1.165, 1.54) is 12.8 Å². The van der Waals surface area contributed by atoms with Gasteiger partial charge in [-0.2, -0.15) is 0 Å². The summed E-state index contributed by atoms with van der Waals surface area (Å²) in [5.74, 6) is 0.652. The van der Waals surface area contributed by atoms with E-state index in [4.69, 9.17) is 28.9 Å². The molecular formula is C16H21Cl3N2O. The number of nitrogens with two attached hydrogens (primary N) is 1. The fourth-order valence-electron chi connectivity index (χ4n) is 3.15. The van der Waals surface area contributed by atoms with Gasteiger partial charge in [0, 0.05) is 12.6 Å². The van der Waals surface area contributed by atoms with Crippen LogP contribution < -0.4 is 11.1 Å². The van der Waals surface area contributed by atoms with Gasteiger partial charge in [0.2, 0.25) is 5.91 Å². The highest BCUT2D eigenvalue weighted by Gasteiger charge is 2.47. The summed E-state index contributed by atoms with van der Waals surface area (Å²) in [6, 6.07) is 5.63. The number of nitrogens with one attached hydrogen (secondary N) is 1. The van der Waals surface area contributed by atoms with Crippen molar-refractivity contribution in [2.45, 2.75) is 43.6 Å². The van der Waals surface area contributed by atoms with Crippen molar-refractivity contribution in [2.75, 3.05) is 6.54 Å². The van der Waals surface area contributed by atoms with Crippen LogP contribution in [0.3, 0.4) is 0 Å². The first-order chi connectivity index (χ1) is 10.1. The fourth-order valence-corrected chi connectivity index (χ4v) is 3.44. The monoisotopic (exact) mass is 362 g/mol. The number of carbonyl (C=O) groups excluding carboxylic acids is 1. The molecule has 0 aliphatic heterocycles. The van der Waals surface area contributed by atoms with Crippen LogP contribution in [0.5, 0.6) is 0 Å². The first-order valence-corrected chi connectivity index (χ1v) is 8.29. The lowest BCUT2D eigenvalue weighted by Gasteiger charge is -2.41. The lowest BCUT2D eigenvalue weighted by Crippen LogP contribution is -2.54. The van der Waals surface area contributed by atoms with Crippen molar-refractivity contribution in [3.63, 3.8) is 0 Å². The van der Waals surface area contributed by atoms with Crippen LogP contribution in [-0.4, -0.2) is 18.5 Å². The van der Waals surface area contributed by atoms with Gasteiger partial charge in [0.25, 0.3) is 0 Å². The molecule has 22 heavy (non-hydrogen) atoms. The van der Waals surface area contributed by atoms with Crippen LogP contribution in [0.4, 0.5) is 0 Å². The molecule has 3 nitrogen and oxygen atoms in total. The van der Waals surface area contributed by atoms with E-state index in [1.807, 2.05) is 12.1 Å². The van der Waals surface area contributed by atoms with Crippen molar-refractivity contribution in [1.82, 2.24) is 5.32 Å². The van der Waals surface area contributed by atoms with E-state index in [2.05, 4.69) is 5.32 Å². The van der Waals surface area contributed by atoms with E-state index >= 15 is 0 Å². The van der Waals surface area contributed by atoms with Gasteiger partial charge in [-0.15, -0.1) is 12.4 Å². The molecule has 0 heterocycles. The summed E-state index contributed by atoms with van der Waals surface area (Å²) >= 11 is 12.1. The Morgan fingerprint density at radius 3 is 2.45 bits per heavy atom. The zero-order valence-electron chi connectivity index (χ0n) is 12.3. The molecule has 2 fully saturated rings. The third-order valence-electron chi connectivity index (χ3n) is 4.88. The molecule has 3 rings (SSSR count). The summed E-state index contributed by atoms with van der Waals surface area (Å²) in [5.41, 5.74) is 6.31. The fraction of sp³-hybridized carbons (Fsp3) is 0.562. The van der Waals surface area contributed by atoms with Crippen LogP contribution >= 0.6 is 35.6 Å². The van der Waals surface area contributed by atoms with Gasteiger partial charge in [-0.25, -0.2) is 0 Å². The van der Waals surface area contributed by atoms with Crippen molar-refractivity contribution >= 4 is 41.5 Å². The molecule has 6 heteroatoms. The van der Waals surface area contributed by atoms with Crippen LogP contribution in [0, 0.1) is 5.92 Å². The summed E-state index contributed by atoms with van der Waals surface area (Å²) in [5, 5.41) is 4.19. The molecular weight excluding hydrogens is 343 g/mol. The molecule has 1 aromatic carbocycles. The minimum atomic E-state index is -0.448. The molecule has 0 saturated heterocycles. The maximum absolute atomic E-state index is 12.8. The van der Waals surface area contributed by atoms with Gasteiger partial charge in [0.05, 0.1) is 15.5 Å². The highest BCUT2D eigenvalue weighted by Crippen LogP contribution is 2.45. The molecule has 3 N–H and O–H groups in total. The summed E-state index contributed by atoms with van der Waals surface area (Å²) in [4.78, 5) is 12.8. The Kier molecular flexibility index (Phi) is 5.65. The quantitative estimate of drug-likeness (QED) is 0.838. The zero-order valence-corrected chi connectivity index (χ0v) is 14.6. The second-order valence-electron chi connectivity index (χ2n) is 6.22. The SMILES string of the molecule is Cl.NCC(NC(=O)C1(c2ccc(Cl)c(Cl)c2)CCC1)C1CC1. The topological polar surface area (TPSA) is 55.1 Å². The molecule has 0 radical (unpaired) electrons. The largest absolute Gasteiger partial charge is 0.351 e. The predicted octanol–water partition coefficient (Wildman–Crippen LogP) is 3.69. The Morgan fingerprint density at radius 2 is 2.00 bits per heavy atom. The Hall–Kier alpha value is -0.480. The van der Waals surface area contributed by atoms with Crippen molar-refractivity contribution in [2.24, 2.45) is 11.7 Å². The Balaban J connectivity index is 0.00000176. The van der Waals surface area contributed by atoms with Gasteiger partial charge in [-0.3, -0.25) is 4.79 Å². The lowest BCUT2D eigenvalue weighted by molar-refractivity contribution is -0.130. The molecule has 2 saturated carbocycles. The smallest absolute Gasteiger partial charge is 0.230 e. The minimum Gasteiger partial charge on any atom is -0.351 e. The summed E-state index contributed by atoms with van der Waals surface area (Å²) in [7, 11) is 0. The third kappa shape index (κ3) is 3.23. The number of benzene rings is 1. The van der Waals surface area contributed by atoms with E-state index in [9.17, 15) is 4.79 Å². The predicted molar refractivity (Wildman–Crippen MR) is 92.9 cm³/mol. The van der Waals surface area contributed by atoms with Gasteiger partial charge in [0.1, 0.15) is 0 Å². The highest BCUT2D eigenvalue weighted by atomic mass is 35.5. The summed E-state index contributed by atoms with van der Waals surface area (Å²) in [6.45, 7) is 0.508. The van der Waals surface area contributed by atoms with E-state index in [0.29, 0.717) is 22.5 Å². The Bertz CT molecular complexity index is 556. The molecule has 2 aliphatic rings. The van der Waals surface area contributed by atoms with Crippen LogP contribution in [-0.2, 0) is 10.2 Å². The molecule has 0 aromatic heterocycles. The maximum Gasteiger partial charge on any atom is 0.230 e. The second-order valence-corrected chi connectivity index (χ2v) is 7.03. The van der Waals surface area contributed by atoms with Crippen LogP contribution in [0.25, 0.3) is 0 Å². The van der Waals surface area contributed by atoms with Crippen molar-refractivity contribution < 1.29 is 4.79 Å². The number of halogens is 3. The summed E-state index contributed by atoms with van der Waals surface area (Å²) < 4.78 is 0. The number of hydrogen-bond acceptors (Lipinski definition) is 2. The molecule has 122 valence electrons. The van der Waals surface area contributed by atoms with Crippen LogP contribution in [0.2, 0.25) is 10.0 Å². The lowest BCUT2D eigenvalue weighted by atomic mass is 9.63. The number of rotatable bonds is 5. The van der Waals surface area contributed by atoms with E-state index in [-0.39, 0.29) is 24.4 Å². The van der Waals surface area contributed by atoms with Crippen LogP contribution in [0.15, 0.2) is 18.2 Å². The Morgan fingerprint density at radius 1 is 1.32 bits per heavy atom. The molecule has 1 aromatic rings. The van der Waals surface area contributed by atoms with Gasteiger partial charge in [0.15, 0.2) is 0 Å². The number of amides is 1. The van der Waals surface area contributed by atoms with Crippen LogP contribution in [0.1, 0.15) is 37.7 Å². The zero-order chi connectivity index (χ0) is 15.0. The van der Waals surface area contributed by atoms with E-state index in [0.717, 1.165) is 24.8 Å². The Labute approximate surface area is 147 Å². The standard InChI is InChI=1S/C16H20Cl2N2O.ClH/c17-12-5-4-11(8-13(12)18)16(6-1-7-16)15(21)20-14(9-19)10-2-3-10;/h4-5,8,10,14H,1-3,6-7,9,19H2,(H,20,21);1H. The van der Waals surface area contributed by atoms with E-state index in [1.54, 1.807) is 6.07 Å². The first-order valence-electron chi connectivity index (χ1n) is 7.53. The number of carbonyl (C=O) groups is 1. The van der Waals surface area contributed by atoms with Gasteiger partial charge in [-0.1, -0.05) is 35.7 Å². The number of hydrogen-bond donors (Lipinski definition) is 2. The summed E-state index contributed by atoms with van der Waals surface area (Å²) in [6.07, 6.45) is 5.12.